The Labute approximate surface area is 182 Å². The first-order chi connectivity index (χ1) is 14.9. The van der Waals surface area contributed by atoms with Crippen LogP contribution >= 0.6 is 0 Å². The minimum absolute atomic E-state index is 0.331. The highest BCUT2D eigenvalue weighted by Crippen LogP contribution is 2.35. The molecule has 1 saturated heterocycles. The van der Waals surface area contributed by atoms with Crippen molar-refractivity contribution in [1.29, 1.82) is 0 Å². The summed E-state index contributed by atoms with van der Waals surface area (Å²) >= 11 is 0. The third-order valence-corrected chi connectivity index (χ3v) is 6.46. The number of piperidine rings is 1. The Hall–Kier alpha value is -2.78. The van der Waals surface area contributed by atoms with Gasteiger partial charge in [0, 0.05) is 36.8 Å². The van der Waals surface area contributed by atoms with Crippen LogP contribution in [0.15, 0.2) is 36.9 Å². The van der Waals surface area contributed by atoms with Crippen LogP contribution in [0.25, 0.3) is 22.0 Å². The van der Waals surface area contributed by atoms with Gasteiger partial charge in [-0.1, -0.05) is 0 Å². The van der Waals surface area contributed by atoms with E-state index in [1.54, 1.807) is 25.8 Å². The van der Waals surface area contributed by atoms with Crippen molar-refractivity contribution < 1.29 is 13.2 Å². The van der Waals surface area contributed by atoms with Gasteiger partial charge in [0.25, 0.3) is 0 Å². The fourth-order valence-corrected chi connectivity index (χ4v) is 4.68. The van der Waals surface area contributed by atoms with E-state index < -0.39 is 10.0 Å². The van der Waals surface area contributed by atoms with E-state index >= 15 is 0 Å². The molecular formula is C22H27N5O3S. The number of fused-ring (bicyclic) bond motifs is 1. The first-order valence-electron chi connectivity index (χ1n) is 10.3. The molecule has 3 heterocycles. The van der Waals surface area contributed by atoms with Crippen LogP contribution in [0.3, 0.4) is 0 Å². The van der Waals surface area contributed by atoms with Crippen LogP contribution in [-0.2, 0) is 10.0 Å². The van der Waals surface area contributed by atoms with Crippen LogP contribution in [-0.4, -0.2) is 56.4 Å². The van der Waals surface area contributed by atoms with Crippen LogP contribution in [0.5, 0.6) is 5.75 Å². The lowest BCUT2D eigenvalue weighted by molar-refractivity contribution is 0.401. The Balaban J connectivity index is 1.64. The smallest absolute Gasteiger partial charge is 0.208 e. The van der Waals surface area contributed by atoms with Crippen molar-refractivity contribution in [3.8, 4) is 16.9 Å². The normalized spacial score (nSPS) is 15.4. The van der Waals surface area contributed by atoms with Crippen LogP contribution in [0.4, 0.5) is 5.82 Å². The van der Waals surface area contributed by atoms with E-state index in [0.29, 0.717) is 12.5 Å². The van der Waals surface area contributed by atoms with Crippen molar-refractivity contribution in [3.05, 3.63) is 42.5 Å². The number of hydrogen-bond donors (Lipinski definition) is 1. The summed E-state index contributed by atoms with van der Waals surface area (Å²) < 4.78 is 30.9. The van der Waals surface area contributed by atoms with Gasteiger partial charge in [0.15, 0.2) is 0 Å². The Morgan fingerprint density at radius 1 is 1.23 bits per heavy atom. The molecule has 0 spiro atoms. The molecule has 8 nitrogen and oxygen atoms in total. The van der Waals surface area contributed by atoms with Crippen molar-refractivity contribution in [2.24, 2.45) is 5.92 Å². The lowest BCUT2D eigenvalue weighted by atomic mass is 9.96. The van der Waals surface area contributed by atoms with Gasteiger partial charge in [-0.3, -0.25) is 4.98 Å². The molecule has 9 heteroatoms. The molecule has 0 amide bonds. The molecular weight excluding hydrogens is 414 g/mol. The summed E-state index contributed by atoms with van der Waals surface area (Å²) in [7, 11) is -1.51. The predicted molar refractivity (Wildman–Crippen MR) is 122 cm³/mol. The van der Waals surface area contributed by atoms with Crippen molar-refractivity contribution in [2.75, 3.05) is 37.9 Å². The predicted octanol–water partition coefficient (Wildman–Crippen LogP) is 2.77. The van der Waals surface area contributed by atoms with Gasteiger partial charge in [-0.05, 0) is 55.0 Å². The Bertz CT molecular complexity index is 1190. The minimum atomic E-state index is -3.16. The number of hydrogen-bond acceptors (Lipinski definition) is 7. The minimum Gasteiger partial charge on any atom is -0.494 e. The molecule has 2 aromatic heterocycles. The van der Waals surface area contributed by atoms with Crippen LogP contribution in [0, 0.1) is 12.8 Å². The number of rotatable bonds is 6. The number of methoxy groups -OCH3 is 1. The third-order valence-electron chi connectivity index (χ3n) is 5.77. The van der Waals surface area contributed by atoms with E-state index in [0.717, 1.165) is 65.1 Å². The molecule has 0 bridgehead atoms. The van der Waals surface area contributed by atoms with Gasteiger partial charge in [-0.25, -0.2) is 23.1 Å². The van der Waals surface area contributed by atoms with Gasteiger partial charge in [-0.15, -0.1) is 0 Å². The Morgan fingerprint density at radius 3 is 2.71 bits per heavy atom. The maximum absolute atomic E-state index is 11.4. The first kappa shape index (κ1) is 21.5. The number of ether oxygens (including phenoxy) is 1. The second-order valence-electron chi connectivity index (χ2n) is 8.01. The van der Waals surface area contributed by atoms with Crippen LogP contribution in [0.2, 0.25) is 0 Å². The zero-order valence-corrected chi connectivity index (χ0v) is 18.8. The van der Waals surface area contributed by atoms with Crippen molar-refractivity contribution in [3.63, 3.8) is 0 Å². The van der Waals surface area contributed by atoms with E-state index in [2.05, 4.69) is 43.6 Å². The molecule has 0 aliphatic carbocycles. The standard InChI is InChI=1S/C22H27N5O3S/c1-15-10-17(18-4-7-23-13-20(18)30-2)11-19-21(15)24-14-25-22(19)27-8-5-16(6-9-27)12-26-31(3,28)29/h4,7,10-11,13-14,16,26H,5-6,8-9,12H2,1-3H3. The number of aryl methyl sites for hydroxylation is 1. The number of nitrogens with zero attached hydrogens (tertiary/aromatic N) is 4. The van der Waals surface area contributed by atoms with Crippen LogP contribution in [0.1, 0.15) is 18.4 Å². The Morgan fingerprint density at radius 2 is 2.00 bits per heavy atom. The lowest BCUT2D eigenvalue weighted by Crippen LogP contribution is -2.38. The summed E-state index contributed by atoms with van der Waals surface area (Å²) in [6.07, 6.45) is 8.11. The highest BCUT2D eigenvalue weighted by molar-refractivity contribution is 7.88. The zero-order valence-electron chi connectivity index (χ0n) is 18.0. The summed E-state index contributed by atoms with van der Waals surface area (Å²) in [6.45, 7) is 4.19. The number of benzene rings is 1. The topological polar surface area (TPSA) is 97.3 Å². The third kappa shape index (κ3) is 4.77. The van der Waals surface area contributed by atoms with E-state index in [1.807, 2.05) is 6.07 Å². The molecule has 31 heavy (non-hydrogen) atoms. The largest absolute Gasteiger partial charge is 0.494 e. The Kier molecular flexibility index (Phi) is 6.06. The summed E-state index contributed by atoms with van der Waals surface area (Å²) in [5, 5.41) is 1.00. The summed E-state index contributed by atoms with van der Waals surface area (Å²) in [6, 6.07) is 6.18. The lowest BCUT2D eigenvalue weighted by Gasteiger charge is -2.33. The molecule has 3 aromatic rings. The first-order valence-corrected chi connectivity index (χ1v) is 12.2. The van der Waals surface area contributed by atoms with E-state index in [9.17, 15) is 8.42 Å². The molecule has 0 atom stereocenters. The SMILES string of the molecule is COc1cnccc1-c1cc(C)c2ncnc(N3CCC(CNS(C)(=O)=O)CC3)c2c1. The van der Waals surface area contributed by atoms with E-state index in [4.69, 9.17) is 4.74 Å². The number of pyridine rings is 1. The molecule has 1 fully saturated rings. The van der Waals surface area contributed by atoms with Gasteiger partial charge < -0.3 is 9.64 Å². The summed E-state index contributed by atoms with van der Waals surface area (Å²) in [4.78, 5) is 15.6. The highest BCUT2D eigenvalue weighted by atomic mass is 32.2. The molecule has 0 saturated carbocycles. The zero-order chi connectivity index (χ0) is 22.0. The number of nitrogens with one attached hydrogen (secondary N) is 1. The molecule has 1 N–H and O–H groups in total. The molecule has 1 aliphatic heterocycles. The van der Waals surface area contributed by atoms with Crippen molar-refractivity contribution in [1.82, 2.24) is 19.7 Å². The van der Waals surface area contributed by atoms with Gasteiger partial charge in [-0.2, -0.15) is 0 Å². The summed E-state index contributed by atoms with van der Waals surface area (Å²) in [5.74, 6) is 1.97. The molecule has 164 valence electrons. The quantitative estimate of drug-likeness (QED) is 0.628. The van der Waals surface area contributed by atoms with Gasteiger partial charge in [0.05, 0.1) is 25.1 Å². The van der Waals surface area contributed by atoms with Crippen LogP contribution < -0.4 is 14.4 Å². The highest BCUT2D eigenvalue weighted by Gasteiger charge is 2.23. The number of sulfonamides is 1. The van der Waals surface area contributed by atoms with Crippen molar-refractivity contribution >= 4 is 26.7 Å². The molecule has 1 aliphatic rings. The van der Waals surface area contributed by atoms with Gasteiger partial charge in [0.2, 0.25) is 10.0 Å². The second-order valence-corrected chi connectivity index (χ2v) is 9.85. The molecule has 0 unspecified atom stereocenters. The maximum Gasteiger partial charge on any atom is 0.208 e. The number of aromatic nitrogens is 3. The average Bonchev–Trinajstić information content (AvgIpc) is 2.77. The van der Waals surface area contributed by atoms with Gasteiger partial charge in [0.1, 0.15) is 17.9 Å². The van der Waals surface area contributed by atoms with E-state index in [1.165, 1.54) is 6.26 Å². The molecule has 4 rings (SSSR count). The average molecular weight is 442 g/mol. The van der Waals surface area contributed by atoms with Gasteiger partial charge >= 0.3 is 0 Å². The molecule has 0 radical (unpaired) electrons. The molecule has 1 aromatic carbocycles. The van der Waals surface area contributed by atoms with E-state index in [-0.39, 0.29) is 0 Å². The summed E-state index contributed by atoms with van der Waals surface area (Å²) in [5.41, 5.74) is 4.01. The fraction of sp³-hybridized carbons (Fsp3) is 0.409. The monoisotopic (exact) mass is 441 g/mol. The maximum atomic E-state index is 11.4. The number of anilines is 1. The second kappa shape index (κ2) is 8.76. The van der Waals surface area contributed by atoms with Crippen molar-refractivity contribution in [2.45, 2.75) is 19.8 Å². The fourth-order valence-electron chi connectivity index (χ4n) is 4.14.